The molecule has 7 heteroatoms. The van der Waals surface area contributed by atoms with E-state index >= 15 is 0 Å². The molecule has 0 aliphatic heterocycles. The van der Waals surface area contributed by atoms with Gasteiger partial charge in [-0.2, -0.15) is 5.10 Å². The Morgan fingerprint density at radius 2 is 2.15 bits per heavy atom. The SMILES string of the molecule is CC1CCCc2c(C(=O)Nc3cnn(C(C)c4ccc(Cl)cc4)c3)noc21. The van der Waals surface area contributed by atoms with Crippen LogP contribution in [0.1, 0.15) is 66.0 Å². The number of anilines is 1. The third-order valence-corrected chi connectivity index (χ3v) is 5.41. The summed E-state index contributed by atoms with van der Waals surface area (Å²) in [6, 6.07) is 7.67. The Balaban J connectivity index is 1.49. The average molecular weight is 385 g/mol. The molecule has 1 aliphatic carbocycles. The molecule has 2 unspecified atom stereocenters. The number of fused-ring (bicyclic) bond motifs is 1. The van der Waals surface area contributed by atoms with E-state index in [0.29, 0.717) is 22.3 Å². The Hall–Kier alpha value is -2.60. The fourth-order valence-corrected chi connectivity index (χ4v) is 3.67. The van der Waals surface area contributed by atoms with Gasteiger partial charge in [0, 0.05) is 22.7 Å². The second kappa shape index (κ2) is 7.19. The van der Waals surface area contributed by atoms with Gasteiger partial charge >= 0.3 is 0 Å². The molecule has 4 rings (SSSR count). The molecule has 3 aromatic rings. The van der Waals surface area contributed by atoms with Gasteiger partial charge in [-0.1, -0.05) is 35.8 Å². The van der Waals surface area contributed by atoms with Crippen molar-refractivity contribution in [1.29, 1.82) is 0 Å². The van der Waals surface area contributed by atoms with Crippen molar-refractivity contribution in [2.75, 3.05) is 5.32 Å². The minimum Gasteiger partial charge on any atom is -0.360 e. The highest BCUT2D eigenvalue weighted by molar-refractivity contribution is 6.30. The molecule has 6 nitrogen and oxygen atoms in total. The van der Waals surface area contributed by atoms with Crippen LogP contribution >= 0.6 is 11.6 Å². The number of nitrogens with one attached hydrogen (secondary N) is 1. The van der Waals surface area contributed by atoms with Gasteiger partial charge in [-0.05, 0) is 43.9 Å². The number of aromatic nitrogens is 3. The standard InChI is InChI=1S/C20H21ClN4O2/c1-12-4-3-5-17-18(24-27-19(12)17)20(26)23-16-10-22-25(11-16)13(2)14-6-8-15(21)9-7-14/h6-13H,3-5H2,1-2H3,(H,23,26). The zero-order valence-electron chi connectivity index (χ0n) is 15.3. The fraction of sp³-hybridized carbons (Fsp3) is 0.350. The number of rotatable bonds is 4. The number of carbonyl (C=O) groups excluding carboxylic acids is 1. The average Bonchev–Trinajstić information content (AvgIpc) is 3.29. The fourth-order valence-electron chi connectivity index (χ4n) is 3.54. The van der Waals surface area contributed by atoms with E-state index in [1.54, 1.807) is 10.9 Å². The molecule has 1 amide bonds. The van der Waals surface area contributed by atoms with Crippen LogP contribution in [0, 0.1) is 0 Å². The van der Waals surface area contributed by atoms with E-state index in [2.05, 4.69) is 22.5 Å². The van der Waals surface area contributed by atoms with E-state index in [0.717, 1.165) is 36.1 Å². The third kappa shape index (κ3) is 3.49. The first-order valence-corrected chi connectivity index (χ1v) is 9.50. The topological polar surface area (TPSA) is 73.0 Å². The van der Waals surface area contributed by atoms with Crippen molar-refractivity contribution >= 4 is 23.2 Å². The number of nitrogens with zero attached hydrogens (tertiary/aromatic N) is 3. The first-order chi connectivity index (χ1) is 13.0. The lowest BCUT2D eigenvalue weighted by Crippen LogP contribution is -2.16. The minimum atomic E-state index is -0.257. The van der Waals surface area contributed by atoms with Crippen LogP contribution in [0.5, 0.6) is 0 Å². The van der Waals surface area contributed by atoms with Gasteiger partial charge in [0.05, 0.1) is 17.9 Å². The van der Waals surface area contributed by atoms with Crippen LogP contribution in [0.4, 0.5) is 5.69 Å². The van der Waals surface area contributed by atoms with Gasteiger partial charge in [0.1, 0.15) is 5.76 Å². The molecule has 0 saturated carbocycles. The van der Waals surface area contributed by atoms with E-state index < -0.39 is 0 Å². The van der Waals surface area contributed by atoms with E-state index in [-0.39, 0.29) is 11.9 Å². The zero-order chi connectivity index (χ0) is 19.0. The molecule has 1 aromatic carbocycles. The number of halogens is 1. The summed E-state index contributed by atoms with van der Waals surface area (Å²) in [7, 11) is 0. The summed E-state index contributed by atoms with van der Waals surface area (Å²) in [6.45, 7) is 4.14. The van der Waals surface area contributed by atoms with Crippen molar-refractivity contribution in [3.8, 4) is 0 Å². The molecule has 2 heterocycles. The van der Waals surface area contributed by atoms with E-state index in [1.807, 2.05) is 37.4 Å². The van der Waals surface area contributed by atoms with Gasteiger partial charge in [0.2, 0.25) is 0 Å². The van der Waals surface area contributed by atoms with Crippen LogP contribution in [0.2, 0.25) is 5.02 Å². The molecular formula is C20H21ClN4O2. The van der Waals surface area contributed by atoms with E-state index in [9.17, 15) is 4.79 Å². The van der Waals surface area contributed by atoms with Gasteiger partial charge in [-0.3, -0.25) is 9.48 Å². The highest BCUT2D eigenvalue weighted by atomic mass is 35.5. The summed E-state index contributed by atoms with van der Waals surface area (Å²) < 4.78 is 7.23. The number of hydrogen-bond acceptors (Lipinski definition) is 4. The van der Waals surface area contributed by atoms with Crippen LogP contribution in [0.25, 0.3) is 0 Å². The first kappa shape index (κ1) is 17.8. The summed E-state index contributed by atoms with van der Waals surface area (Å²) >= 11 is 5.95. The molecule has 1 N–H and O–H groups in total. The smallest absolute Gasteiger partial charge is 0.278 e. The summed E-state index contributed by atoms with van der Waals surface area (Å²) in [6.07, 6.45) is 6.40. The molecule has 0 radical (unpaired) electrons. The van der Waals surface area contributed by atoms with Crippen LogP contribution in [0.15, 0.2) is 41.2 Å². The number of benzene rings is 1. The Morgan fingerprint density at radius 1 is 1.37 bits per heavy atom. The Kier molecular flexibility index (Phi) is 4.74. The molecule has 2 atom stereocenters. The molecule has 0 fully saturated rings. The van der Waals surface area contributed by atoms with Crippen molar-refractivity contribution in [2.24, 2.45) is 0 Å². The van der Waals surface area contributed by atoms with Gasteiger partial charge < -0.3 is 9.84 Å². The Labute approximate surface area is 162 Å². The number of amides is 1. The van der Waals surface area contributed by atoms with Crippen molar-refractivity contribution in [1.82, 2.24) is 14.9 Å². The summed E-state index contributed by atoms with van der Waals surface area (Å²) in [5, 5.41) is 12.0. The lowest BCUT2D eigenvalue weighted by Gasteiger charge is -2.15. The Bertz CT molecular complexity index is 961. The minimum absolute atomic E-state index is 0.0218. The van der Waals surface area contributed by atoms with Crippen LogP contribution < -0.4 is 5.32 Å². The van der Waals surface area contributed by atoms with Crippen molar-refractivity contribution < 1.29 is 9.32 Å². The molecule has 0 saturated heterocycles. The normalized spacial score (nSPS) is 17.4. The summed E-state index contributed by atoms with van der Waals surface area (Å²) in [5.74, 6) is 0.900. The predicted molar refractivity (Wildman–Crippen MR) is 103 cm³/mol. The van der Waals surface area contributed by atoms with Crippen LogP contribution in [-0.2, 0) is 6.42 Å². The maximum absolute atomic E-state index is 12.7. The van der Waals surface area contributed by atoms with Gasteiger partial charge in [-0.25, -0.2) is 0 Å². The van der Waals surface area contributed by atoms with E-state index in [1.165, 1.54) is 0 Å². The second-order valence-electron chi connectivity index (χ2n) is 7.06. The maximum atomic E-state index is 12.7. The molecule has 27 heavy (non-hydrogen) atoms. The molecular weight excluding hydrogens is 364 g/mol. The molecule has 1 aliphatic rings. The first-order valence-electron chi connectivity index (χ1n) is 9.12. The van der Waals surface area contributed by atoms with Gasteiger partial charge in [0.15, 0.2) is 5.69 Å². The maximum Gasteiger partial charge on any atom is 0.278 e. The summed E-state index contributed by atoms with van der Waals surface area (Å²) in [4.78, 5) is 12.7. The van der Waals surface area contributed by atoms with Gasteiger partial charge in [0.25, 0.3) is 5.91 Å². The molecule has 140 valence electrons. The molecule has 0 spiro atoms. The zero-order valence-corrected chi connectivity index (χ0v) is 16.0. The quantitative estimate of drug-likeness (QED) is 0.699. The van der Waals surface area contributed by atoms with Crippen LogP contribution in [0.3, 0.4) is 0 Å². The molecule has 2 aromatic heterocycles. The largest absolute Gasteiger partial charge is 0.360 e. The highest BCUT2D eigenvalue weighted by Gasteiger charge is 2.28. The predicted octanol–water partition coefficient (Wildman–Crippen LogP) is 4.83. The Morgan fingerprint density at radius 3 is 2.93 bits per heavy atom. The van der Waals surface area contributed by atoms with Gasteiger partial charge in [-0.15, -0.1) is 0 Å². The highest BCUT2D eigenvalue weighted by Crippen LogP contribution is 2.33. The lowest BCUT2D eigenvalue weighted by molar-refractivity contribution is 0.101. The summed E-state index contributed by atoms with van der Waals surface area (Å²) in [5.41, 5.74) is 3.03. The monoisotopic (exact) mass is 384 g/mol. The van der Waals surface area contributed by atoms with Crippen molar-refractivity contribution in [2.45, 2.75) is 45.1 Å². The number of hydrogen-bond donors (Lipinski definition) is 1. The van der Waals surface area contributed by atoms with Crippen molar-refractivity contribution in [3.05, 3.63) is 64.3 Å². The third-order valence-electron chi connectivity index (χ3n) is 5.15. The van der Waals surface area contributed by atoms with E-state index in [4.69, 9.17) is 16.1 Å². The second-order valence-corrected chi connectivity index (χ2v) is 7.49. The van der Waals surface area contributed by atoms with Crippen molar-refractivity contribution in [3.63, 3.8) is 0 Å². The molecule has 0 bridgehead atoms. The lowest BCUT2D eigenvalue weighted by atomic mass is 9.88. The van der Waals surface area contributed by atoms with Crippen LogP contribution in [-0.4, -0.2) is 20.8 Å². The number of carbonyl (C=O) groups is 1.